The predicted molar refractivity (Wildman–Crippen MR) is 54.4 cm³/mol. The summed E-state index contributed by atoms with van der Waals surface area (Å²) in [6.45, 7) is 3.53. The number of hydrogen-bond acceptors (Lipinski definition) is 4. The Bertz CT molecular complexity index is 366. The van der Waals surface area contributed by atoms with Crippen molar-refractivity contribution >= 4 is 11.4 Å². The molecule has 1 rings (SSSR count). The zero-order chi connectivity index (χ0) is 10.6. The Kier molecular flexibility index (Phi) is 3.23. The van der Waals surface area contributed by atoms with Crippen LogP contribution in [-0.4, -0.2) is 21.8 Å². The highest BCUT2D eigenvalue weighted by Gasteiger charge is 2.07. The first-order valence-corrected chi connectivity index (χ1v) is 4.17. The second-order valence-corrected chi connectivity index (χ2v) is 3.00. The Hall–Kier alpha value is -1.84. The van der Waals surface area contributed by atoms with E-state index in [-0.39, 0.29) is 11.4 Å². The maximum atomic E-state index is 8.75. The molecule has 4 nitrogen and oxygen atoms in total. The third-order valence-corrected chi connectivity index (χ3v) is 1.92. The second kappa shape index (κ2) is 4.41. The van der Waals surface area contributed by atoms with E-state index in [1.807, 2.05) is 19.1 Å². The van der Waals surface area contributed by atoms with Crippen LogP contribution >= 0.6 is 0 Å². The lowest BCUT2D eigenvalue weighted by Crippen LogP contribution is -2.12. The van der Waals surface area contributed by atoms with Crippen molar-refractivity contribution in [2.24, 2.45) is 10.3 Å². The van der Waals surface area contributed by atoms with Crippen LogP contribution in [0.4, 0.5) is 0 Å². The molecule has 0 unspecified atom stereocenters. The summed E-state index contributed by atoms with van der Waals surface area (Å²) in [6, 6.07) is 7.40. The molecule has 1 aromatic carbocycles. The highest BCUT2D eigenvalue weighted by Crippen LogP contribution is 2.05. The SMILES string of the molecule is CC(=NO)C(=NO)c1ccc(C)cc1. The normalized spacial score (nSPS) is 13.0. The smallest absolute Gasteiger partial charge is 0.134 e. The van der Waals surface area contributed by atoms with E-state index in [0.29, 0.717) is 5.56 Å². The van der Waals surface area contributed by atoms with Gasteiger partial charge in [-0.25, -0.2) is 0 Å². The molecule has 0 saturated carbocycles. The molecule has 14 heavy (non-hydrogen) atoms. The van der Waals surface area contributed by atoms with Crippen molar-refractivity contribution in [3.8, 4) is 0 Å². The van der Waals surface area contributed by atoms with E-state index in [2.05, 4.69) is 10.3 Å². The molecule has 0 aromatic heterocycles. The molecule has 0 aliphatic rings. The Balaban J connectivity index is 3.09. The summed E-state index contributed by atoms with van der Waals surface area (Å²) in [5, 5.41) is 23.4. The van der Waals surface area contributed by atoms with Crippen LogP contribution in [0.5, 0.6) is 0 Å². The van der Waals surface area contributed by atoms with E-state index >= 15 is 0 Å². The molecule has 0 aliphatic carbocycles. The van der Waals surface area contributed by atoms with Gasteiger partial charge in [-0.2, -0.15) is 0 Å². The van der Waals surface area contributed by atoms with Gasteiger partial charge in [-0.15, -0.1) is 0 Å². The van der Waals surface area contributed by atoms with Crippen molar-refractivity contribution in [1.29, 1.82) is 0 Å². The number of aryl methyl sites for hydroxylation is 1. The Morgan fingerprint density at radius 1 is 1.07 bits per heavy atom. The van der Waals surface area contributed by atoms with Gasteiger partial charge in [0.2, 0.25) is 0 Å². The van der Waals surface area contributed by atoms with E-state index in [1.54, 1.807) is 19.1 Å². The van der Waals surface area contributed by atoms with E-state index in [1.165, 1.54) is 0 Å². The molecule has 2 N–H and O–H groups in total. The lowest BCUT2D eigenvalue weighted by molar-refractivity contribution is 0.314. The van der Waals surface area contributed by atoms with Crippen LogP contribution in [0, 0.1) is 6.92 Å². The van der Waals surface area contributed by atoms with Gasteiger partial charge in [0, 0.05) is 5.56 Å². The van der Waals surface area contributed by atoms with Crippen LogP contribution < -0.4 is 0 Å². The first-order chi connectivity index (χ1) is 6.69. The summed E-state index contributed by atoms with van der Waals surface area (Å²) in [7, 11) is 0. The van der Waals surface area contributed by atoms with Gasteiger partial charge in [-0.05, 0) is 13.8 Å². The second-order valence-electron chi connectivity index (χ2n) is 3.00. The van der Waals surface area contributed by atoms with Gasteiger partial charge in [-0.3, -0.25) is 0 Å². The zero-order valence-corrected chi connectivity index (χ0v) is 8.10. The van der Waals surface area contributed by atoms with Gasteiger partial charge < -0.3 is 10.4 Å². The lowest BCUT2D eigenvalue weighted by Gasteiger charge is -2.02. The number of nitrogens with zero attached hydrogens (tertiary/aromatic N) is 2. The van der Waals surface area contributed by atoms with Crippen LogP contribution in [-0.2, 0) is 0 Å². The van der Waals surface area contributed by atoms with Crippen molar-refractivity contribution in [2.75, 3.05) is 0 Å². The van der Waals surface area contributed by atoms with Gasteiger partial charge in [0.15, 0.2) is 0 Å². The van der Waals surface area contributed by atoms with Crippen molar-refractivity contribution in [3.05, 3.63) is 35.4 Å². The molecule has 0 spiro atoms. The fourth-order valence-corrected chi connectivity index (χ4v) is 1.10. The largest absolute Gasteiger partial charge is 0.411 e. The molecule has 1 aromatic rings. The summed E-state index contributed by atoms with van der Waals surface area (Å²) < 4.78 is 0. The molecule has 0 radical (unpaired) electrons. The molecule has 74 valence electrons. The van der Waals surface area contributed by atoms with Crippen molar-refractivity contribution < 1.29 is 10.4 Å². The minimum Gasteiger partial charge on any atom is -0.411 e. The van der Waals surface area contributed by atoms with E-state index < -0.39 is 0 Å². The third-order valence-electron chi connectivity index (χ3n) is 1.92. The summed E-state index contributed by atoms with van der Waals surface area (Å²) >= 11 is 0. The third kappa shape index (κ3) is 2.10. The molecular formula is C10H12N2O2. The minimum atomic E-state index is 0.271. The molecule has 4 heteroatoms. The van der Waals surface area contributed by atoms with Crippen LogP contribution in [0.25, 0.3) is 0 Å². The number of rotatable bonds is 2. The van der Waals surface area contributed by atoms with Gasteiger partial charge in [0.25, 0.3) is 0 Å². The Morgan fingerprint density at radius 3 is 2.07 bits per heavy atom. The number of oxime groups is 2. The minimum absolute atomic E-state index is 0.271. The Morgan fingerprint density at radius 2 is 1.64 bits per heavy atom. The summed E-state index contributed by atoms with van der Waals surface area (Å²) in [4.78, 5) is 0. The number of benzene rings is 1. The monoisotopic (exact) mass is 192 g/mol. The van der Waals surface area contributed by atoms with Gasteiger partial charge in [0.1, 0.15) is 11.4 Å². The van der Waals surface area contributed by atoms with E-state index in [9.17, 15) is 0 Å². The maximum absolute atomic E-state index is 8.75. The average molecular weight is 192 g/mol. The van der Waals surface area contributed by atoms with Gasteiger partial charge in [0.05, 0.1) is 0 Å². The number of hydrogen-bond donors (Lipinski definition) is 2. The quantitative estimate of drug-likeness (QED) is 0.427. The molecule has 0 bridgehead atoms. The van der Waals surface area contributed by atoms with Crippen molar-refractivity contribution in [2.45, 2.75) is 13.8 Å². The first kappa shape index (κ1) is 10.2. The maximum Gasteiger partial charge on any atom is 0.134 e. The fraction of sp³-hybridized carbons (Fsp3) is 0.200. The standard InChI is InChI=1S/C10H12N2O2/c1-7-3-5-9(6-4-7)10(12-14)8(2)11-13/h3-6,13-14H,1-2H3. The predicted octanol–water partition coefficient (Wildman–Crippen LogP) is 2.02. The van der Waals surface area contributed by atoms with Crippen molar-refractivity contribution in [1.82, 2.24) is 0 Å². The summed E-state index contributed by atoms with van der Waals surface area (Å²) in [6.07, 6.45) is 0. The van der Waals surface area contributed by atoms with Crippen LogP contribution in [0.3, 0.4) is 0 Å². The van der Waals surface area contributed by atoms with Crippen LogP contribution in [0.1, 0.15) is 18.1 Å². The first-order valence-electron chi connectivity index (χ1n) is 4.17. The summed E-state index contributed by atoms with van der Waals surface area (Å²) in [5.41, 5.74) is 2.38. The molecule has 0 amide bonds. The van der Waals surface area contributed by atoms with E-state index in [0.717, 1.165) is 5.56 Å². The van der Waals surface area contributed by atoms with Gasteiger partial charge >= 0.3 is 0 Å². The van der Waals surface area contributed by atoms with Crippen LogP contribution in [0.2, 0.25) is 0 Å². The summed E-state index contributed by atoms with van der Waals surface area (Å²) in [5.74, 6) is 0. The highest BCUT2D eigenvalue weighted by molar-refractivity contribution is 6.47. The zero-order valence-electron chi connectivity index (χ0n) is 8.10. The molecule has 0 atom stereocenters. The van der Waals surface area contributed by atoms with E-state index in [4.69, 9.17) is 10.4 Å². The average Bonchev–Trinajstić information content (AvgIpc) is 2.21. The highest BCUT2D eigenvalue weighted by atomic mass is 16.4. The molecule has 0 heterocycles. The molecule has 0 fully saturated rings. The molecular weight excluding hydrogens is 180 g/mol. The fourth-order valence-electron chi connectivity index (χ4n) is 1.10. The topological polar surface area (TPSA) is 65.2 Å². The van der Waals surface area contributed by atoms with Gasteiger partial charge in [-0.1, -0.05) is 40.1 Å². The van der Waals surface area contributed by atoms with Crippen LogP contribution in [0.15, 0.2) is 34.6 Å². The molecule has 0 aliphatic heterocycles. The molecule has 0 saturated heterocycles. The lowest BCUT2D eigenvalue weighted by atomic mass is 10.1. The Labute approximate surface area is 82.2 Å². The van der Waals surface area contributed by atoms with Crippen molar-refractivity contribution in [3.63, 3.8) is 0 Å².